The van der Waals surface area contributed by atoms with Crippen LogP contribution >= 0.6 is 0 Å². The third-order valence-electron chi connectivity index (χ3n) is 2.47. The average molecular weight is 195 g/mol. The van der Waals surface area contributed by atoms with E-state index in [4.69, 9.17) is 4.52 Å². The fourth-order valence-corrected chi connectivity index (χ4v) is 1.68. The molecule has 3 rings (SSSR count). The molecule has 0 saturated carbocycles. The second-order valence-corrected chi connectivity index (χ2v) is 3.45. The number of aromatic nitrogens is 1. The minimum atomic E-state index is 0.898. The van der Waals surface area contributed by atoms with Crippen molar-refractivity contribution in [2.75, 3.05) is 0 Å². The van der Waals surface area contributed by atoms with Crippen molar-refractivity contribution < 1.29 is 4.52 Å². The lowest BCUT2D eigenvalue weighted by atomic mass is 10.0. The number of hydrogen-bond donors (Lipinski definition) is 0. The van der Waals surface area contributed by atoms with Crippen molar-refractivity contribution in [1.82, 2.24) is 5.16 Å². The third-order valence-corrected chi connectivity index (χ3v) is 2.47. The van der Waals surface area contributed by atoms with Gasteiger partial charge in [-0.3, -0.25) is 0 Å². The first kappa shape index (κ1) is 8.24. The SMILES string of the molecule is c1ccc(-c2ccc3nocc3c2)cc1. The molecular weight excluding hydrogens is 186 g/mol. The van der Waals surface area contributed by atoms with Crippen LogP contribution in [0.1, 0.15) is 0 Å². The Morgan fingerprint density at radius 2 is 1.73 bits per heavy atom. The van der Waals surface area contributed by atoms with E-state index in [0.717, 1.165) is 10.9 Å². The Labute approximate surface area is 87.1 Å². The molecule has 2 nitrogen and oxygen atoms in total. The molecular formula is C13H9NO. The number of nitrogens with zero attached hydrogens (tertiary/aromatic N) is 1. The van der Waals surface area contributed by atoms with Gasteiger partial charge in [-0.1, -0.05) is 41.6 Å². The number of hydrogen-bond acceptors (Lipinski definition) is 2. The van der Waals surface area contributed by atoms with Crippen LogP contribution in [0.25, 0.3) is 22.0 Å². The summed E-state index contributed by atoms with van der Waals surface area (Å²) in [4.78, 5) is 0. The molecule has 72 valence electrons. The van der Waals surface area contributed by atoms with E-state index in [1.165, 1.54) is 11.1 Å². The van der Waals surface area contributed by atoms with Crippen molar-refractivity contribution in [3.63, 3.8) is 0 Å². The number of benzene rings is 2. The molecule has 0 radical (unpaired) electrons. The highest BCUT2D eigenvalue weighted by Crippen LogP contribution is 2.23. The first-order valence-corrected chi connectivity index (χ1v) is 4.83. The highest BCUT2D eigenvalue weighted by atomic mass is 16.5. The summed E-state index contributed by atoms with van der Waals surface area (Å²) in [5, 5.41) is 4.92. The summed E-state index contributed by atoms with van der Waals surface area (Å²) in [6.45, 7) is 0. The van der Waals surface area contributed by atoms with Crippen LogP contribution in [0.5, 0.6) is 0 Å². The van der Waals surface area contributed by atoms with E-state index in [1.807, 2.05) is 24.3 Å². The molecule has 2 heteroatoms. The molecule has 0 unspecified atom stereocenters. The zero-order valence-corrected chi connectivity index (χ0v) is 8.05. The van der Waals surface area contributed by atoms with Gasteiger partial charge in [0.05, 0.1) is 0 Å². The van der Waals surface area contributed by atoms with Crippen molar-refractivity contribution in [2.24, 2.45) is 0 Å². The molecule has 0 spiro atoms. The van der Waals surface area contributed by atoms with E-state index in [0.29, 0.717) is 0 Å². The minimum absolute atomic E-state index is 0.898. The van der Waals surface area contributed by atoms with Gasteiger partial charge in [-0.25, -0.2) is 0 Å². The molecule has 1 heterocycles. The van der Waals surface area contributed by atoms with E-state index in [9.17, 15) is 0 Å². The summed E-state index contributed by atoms with van der Waals surface area (Å²) in [6, 6.07) is 16.4. The zero-order chi connectivity index (χ0) is 10.1. The predicted molar refractivity (Wildman–Crippen MR) is 59.4 cm³/mol. The standard InChI is InChI=1S/C13H9NO/c1-2-4-10(5-3-1)11-6-7-13-12(8-11)9-15-14-13/h1-9H. The third kappa shape index (κ3) is 1.40. The summed E-state index contributed by atoms with van der Waals surface area (Å²) in [7, 11) is 0. The van der Waals surface area contributed by atoms with Crippen molar-refractivity contribution in [3.8, 4) is 11.1 Å². The Morgan fingerprint density at radius 1 is 0.867 bits per heavy atom. The van der Waals surface area contributed by atoms with Crippen molar-refractivity contribution in [2.45, 2.75) is 0 Å². The zero-order valence-electron chi connectivity index (χ0n) is 8.05. The van der Waals surface area contributed by atoms with Crippen LogP contribution in [0.4, 0.5) is 0 Å². The maximum atomic E-state index is 4.91. The van der Waals surface area contributed by atoms with Crippen molar-refractivity contribution in [1.29, 1.82) is 0 Å². The van der Waals surface area contributed by atoms with Crippen LogP contribution in [0.15, 0.2) is 59.3 Å². The topological polar surface area (TPSA) is 26.0 Å². The smallest absolute Gasteiger partial charge is 0.131 e. The highest BCUT2D eigenvalue weighted by Gasteiger charge is 2.00. The molecule has 0 atom stereocenters. The maximum absolute atomic E-state index is 4.91. The van der Waals surface area contributed by atoms with E-state index in [-0.39, 0.29) is 0 Å². The van der Waals surface area contributed by atoms with Gasteiger partial charge in [0.1, 0.15) is 11.8 Å². The quantitative estimate of drug-likeness (QED) is 0.594. The van der Waals surface area contributed by atoms with Gasteiger partial charge in [-0.2, -0.15) is 0 Å². The second-order valence-electron chi connectivity index (χ2n) is 3.45. The minimum Gasteiger partial charge on any atom is -0.364 e. The predicted octanol–water partition coefficient (Wildman–Crippen LogP) is 3.49. The maximum Gasteiger partial charge on any atom is 0.131 e. The van der Waals surface area contributed by atoms with Crippen LogP contribution in [0.3, 0.4) is 0 Å². The fourth-order valence-electron chi connectivity index (χ4n) is 1.68. The lowest BCUT2D eigenvalue weighted by Crippen LogP contribution is -1.76. The van der Waals surface area contributed by atoms with E-state index in [2.05, 4.69) is 29.4 Å². The first-order valence-electron chi connectivity index (χ1n) is 4.83. The van der Waals surface area contributed by atoms with Crippen LogP contribution in [0.2, 0.25) is 0 Å². The normalized spacial score (nSPS) is 10.7. The molecule has 0 aliphatic heterocycles. The van der Waals surface area contributed by atoms with Crippen LogP contribution in [0, 0.1) is 0 Å². The molecule has 0 N–H and O–H groups in total. The summed E-state index contributed by atoms with van der Waals surface area (Å²) < 4.78 is 4.91. The summed E-state index contributed by atoms with van der Waals surface area (Å²) in [5.74, 6) is 0. The summed E-state index contributed by atoms with van der Waals surface area (Å²) >= 11 is 0. The molecule has 0 aliphatic rings. The number of rotatable bonds is 1. The molecule has 0 aliphatic carbocycles. The molecule has 2 aromatic carbocycles. The second kappa shape index (κ2) is 3.24. The lowest BCUT2D eigenvalue weighted by Gasteiger charge is -1.99. The Balaban J connectivity index is 2.19. The van der Waals surface area contributed by atoms with E-state index >= 15 is 0 Å². The highest BCUT2D eigenvalue weighted by molar-refractivity contribution is 5.83. The van der Waals surface area contributed by atoms with Gasteiger partial charge < -0.3 is 4.52 Å². The van der Waals surface area contributed by atoms with Gasteiger partial charge in [0.2, 0.25) is 0 Å². The molecule has 1 aromatic heterocycles. The van der Waals surface area contributed by atoms with Crippen molar-refractivity contribution in [3.05, 3.63) is 54.8 Å². The van der Waals surface area contributed by atoms with Gasteiger partial charge >= 0.3 is 0 Å². The Morgan fingerprint density at radius 3 is 2.60 bits per heavy atom. The van der Waals surface area contributed by atoms with Gasteiger partial charge in [-0.15, -0.1) is 0 Å². The lowest BCUT2D eigenvalue weighted by molar-refractivity contribution is 0.428. The molecule has 0 saturated heterocycles. The molecule has 0 amide bonds. The fraction of sp³-hybridized carbons (Fsp3) is 0. The molecule has 0 bridgehead atoms. The van der Waals surface area contributed by atoms with Crippen LogP contribution in [-0.4, -0.2) is 5.16 Å². The van der Waals surface area contributed by atoms with E-state index in [1.54, 1.807) is 6.26 Å². The Bertz CT molecular complexity index is 584. The van der Waals surface area contributed by atoms with Crippen LogP contribution < -0.4 is 0 Å². The van der Waals surface area contributed by atoms with E-state index < -0.39 is 0 Å². The van der Waals surface area contributed by atoms with Gasteiger partial charge in [0.25, 0.3) is 0 Å². The number of fused-ring (bicyclic) bond motifs is 1. The molecule has 3 aromatic rings. The van der Waals surface area contributed by atoms with Crippen molar-refractivity contribution >= 4 is 10.9 Å². The van der Waals surface area contributed by atoms with Crippen LogP contribution in [-0.2, 0) is 0 Å². The summed E-state index contributed by atoms with van der Waals surface area (Å²) in [6.07, 6.45) is 1.67. The Kier molecular flexibility index (Phi) is 1.78. The summed E-state index contributed by atoms with van der Waals surface area (Å²) in [5.41, 5.74) is 3.29. The monoisotopic (exact) mass is 195 g/mol. The van der Waals surface area contributed by atoms with Gasteiger partial charge in [-0.05, 0) is 23.3 Å². The molecule has 15 heavy (non-hydrogen) atoms. The largest absolute Gasteiger partial charge is 0.364 e. The average Bonchev–Trinajstić information content (AvgIpc) is 2.77. The van der Waals surface area contributed by atoms with Gasteiger partial charge in [0.15, 0.2) is 0 Å². The first-order chi connectivity index (χ1) is 7.43. The van der Waals surface area contributed by atoms with Gasteiger partial charge in [0, 0.05) is 5.39 Å². The molecule has 0 fully saturated rings. The Hall–Kier alpha value is -2.09.